The van der Waals surface area contributed by atoms with Crippen molar-refractivity contribution in [3.05, 3.63) is 0 Å². The molecular formula is C6H12O4. The van der Waals surface area contributed by atoms with Crippen LogP contribution >= 0.6 is 0 Å². The van der Waals surface area contributed by atoms with Crippen molar-refractivity contribution < 1.29 is 20.1 Å². The third-order valence-corrected chi connectivity index (χ3v) is 1.23. The molecule has 10 heavy (non-hydrogen) atoms. The smallest absolute Gasteiger partial charge is 0.122 e. The Bertz CT molecular complexity index is 102. The van der Waals surface area contributed by atoms with Crippen molar-refractivity contribution in [1.29, 1.82) is 0 Å². The summed E-state index contributed by atoms with van der Waals surface area (Å²) in [6, 6.07) is 0. The number of hydrogen-bond acceptors (Lipinski definition) is 4. The Morgan fingerprint density at radius 1 is 1.40 bits per heavy atom. The van der Waals surface area contributed by atoms with E-state index in [1.165, 1.54) is 6.92 Å². The van der Waals surface area contributed by atoms with Gasteiger partial charge in [0.1, 0.15) is 12.4 Å². The molecule has 0 rings (SSSR count). The highest BCUT2D eigenvalue weighted by Gasteiger charge is 2.19. The maximum Gasteiger partial charge on any atom is 0.122 e. The molecule has 3 unspecified atom stereocenters. The number of aliphatic hydroxyl groups excluding tert-OH is 3. The lowest BCUT2D eigenvalue weighted by atomic mass is 10.1. The lowest BCUT2D eigenvalue weighted by Gasteiger charge is -2.17. The molecular weight excluding hydrogens is 136 g/mol. The highest BCUT2D eigenvalue weighted by Crippen LogP contribution is 2.01. The van der Waals surface area contributed by atoms with Gasteiger partial charge in [0.15, 0.2) is 0 Å². The van der Waals surface area contributed by atoms with Crippen LogP contribution < -0.4 is 0 Å². The predicted octanol–water partition coefficient (Wildman–Crippen LogP) is -1.32. The van der Waals surface area contributed by atoms with Crippen LogP contribution in [0.3, 0.4) is 0 Å². The SMILES string of the molecule is CC(O)C(O)C(O)CC=O. The van der Waals surface area contributed by atoms with Crippen molar-refractivity contribution in [2.75, 3.05) is 0 Å². The summed E-state index contributed by atoms with van der Waals surface area (Å²) in [5, 5.41) is 26.4. The first kappa shape index (κ1) is 9.55. The Morgan fingerprint density at radius 2 is 1.90 bits per heavy atom. The highest BCUT2D eigenvalue weighted by molar-refractivity contribution is 5.50. The Kier molecular flexibility index (Phi) is 4.18. The molecule has 0 spiro atoms. The van der Waals surface area contributed by atoms with Gasteiger partial charge in [-0.05, 0) is 6.92 Å². The zero-order chi connectivity index (χ0) is 8.15. The van der Waals surface area contributed by atoms with Crippen LogP contribution in [-0.4, -0.2) is 39.9 Å². The Balaban J connectivity index is 3.68. The van der Waals surface area contributed by atoms with Gasteiger partial charge in [0.25, 0.3) is 0 Å². The fourth-order valence-electron chi connectivity index (χ4n) is 0.560. The Morgan fingerprint density at radius 3 is 2.20 bits per heavy atom. The lowest BCUT2D eigenvalue weighted by molar-refractivity contribution is -0.113. The minimum atomic E-state index is -1.23. The molecule has 0 aromatic heterocycles. The molecule has 60 valence electrons. The summed E-state index contributed by atoms with van der Waals surface area (Å²) in [5.74, 6) is 0. The van der Waals surface area contributed by atoms with Gasteiger partial charge in [-0.25, -0.2) is 0 Å². The second-order valence-corrected chi connectivity index (χ2v) is 2.20. The van der Waals surface area contributed by atoms with E-state index in [1.54, 1.807) is 0 Å². The van der Waals surface area contributed by atoms with E-state index in [0.29, 0.717) is 6.29 Å². The molecule has 3 atom stereocenters. The zero-order valence-corrected chi connectivity index (χ0v) is 5.77. The van der Waals surface area contributed by atoms with Crippen molar-refractivity contribution in [2.45, 2.75) is 31.7 Å². The van der Waals surface area contributed by atoms with Crippen LogP contribution in [0.25, 0.3) is 0 Å². The van der Waals surface area contributed by atoms with Gasteiger partial charge in [-0.3, -0.25) is 0 Å². The third-order valence-electron chi connectivity index (χ3n) is 1.23. The van der Waals surface area contributed by atoms with Crippen LogP contribution in [0.5, 0.6) is 0 Å². The number of aldehydes is 1. The molecule has 4 heteroatoms. The minimum absolute atomic E-state index is 0.147. The van der Waals surface area contributed by atoms with Gasteiger partial charge in [-0.2, -0.15) is 0 Å². The highest BCUT2D eigenvalue weighted by atomic mass is 16.4. The summed E-state index contributed by atoms with van der Waals surface area (Å²) in [5.41, 5.74) is 0. The summed E-state index contributed by atoms with van der Waals surface area (Å²) in [6.45, 7) is 1.35. The van der Waals surface area contributed by atoms with E-state index in [-0.39, 0.29) is 6.42 Å². The molecule has 0 fully saturated rings. The summed E-state index contributed by atoms with van der Waals surface area (Å²) in [6.07, 6.45) is -3.04. The largest absolute Gasteiger partial charge is 0.391 e. The summed E-state index contributed by atoms with van der Waals surface area (Å²) in [4.78, 5) is 9.79. The van der Waals surface area contributed by atoms with Gasteiger partial charge >= 0.3 is 0 Å². The summed E-state index contributed by atoms with van der Waals surface area (Å²) in [7, 11) is 0. The first-order valence-electron chi connectivity index (χ1n) is 3.07. The molecule has 0 aromatic carbocycles. The maximum atomic E-state index is 9.79. The van der Waals surface area contributed by atoms with E-state index >= 15 is 0 Å². The van der Waals surface area contributed by atoms with E-state index in [1.807, 2.05) is 0 Å². The Labute approximate surface area is 59.1 Å². The minimum Gasteiger partial charge on any atom is -0.391 e. The number of carbonyl (C=O) groups excluding carboxylic acids is 1. The topological polar surface area (TPSA) is 77.8 Å². The molecule has 0 bridgehead atoms. The maximum absolute atomic E-state index is 9.79. The van der Waals surface area contributed by atoms with Crippen molar-refractivity contribution >= 4 is 6.29 Å². The molecule has 0 aliphatic heterocycles. The first-order valence-corrected chi connectivity index (χ1v) is 3.07. The zero-order valence-electron chi connectivity index (χ0n) is 5.77. The number of carbonyl (C=O) groups is 1. The van der Waals surface area contributed by atoms with Gasteiger partial charge in [0.05, 0.1) is 12.2 Å². The van der Waals surface area contributed by atoms with Gasteiger partial charge in [0.2, 0.25) is 0 Å². The summed E-state index contributed by atoms with van der Waals surface area (Å²) < 4.78 is 0. The standard InChI is InChI=1S/C6H12O4/c1-4(8)6(10)5(9)2-3-7/h3-6,8-10H,2H2,1H3. The molecule has 0 saturated carbocycles. The van der Waals surface area contributed by atoms with E-state index in [2.05, 4.69) is 0 Å². The second kappa shape index (κ2) is 4.38. The van der Waals surface area contributed by atoms with Crippen LogP contribution in [-0.2, 0) is 4.79 Å². The van der Waals surface area contributed by atoms with E-state index < -0.39 is 18.3 Å². The van der Waals surface area contributed by atoms with E-state index in [0.717, 1.165) is 0 Å². The van der Waals surface area contributed by atoms with Gasteiger partial charge in [-0.1, -0.05) is 0 Å². The molecule has 0 heterocycles. The molecule has 0 aliphatic rings. The molecule has 3 N–H and O–H groups in total. The fourth-order valence-corrected chi connectivity index (χ4v) is 0.560. The van der Waals surface area contributed by atoms with Crippen LogP contribution in [0.4, 0.5) is 0 Å². The predicted molar refractivity (Wildman–Crippen MR) is 34.4 cm³/mol. The van der Waals surface area contributed by atoms with Crippen molar-refractivity contribution in [3.63, 3.8) is 0 Å². The lowest BCUT2D eigenvalue weighted by Crippen LogP contribution is -2.35. The fraction of sp³-hybridized carbons (Fsp3) is 0.833. The molecule has 0 radical (unpaired) electrons. The van der Waals surface area contributed by atoms with Crippen molar-refractivity contribution in [1.82, 2.24) is 0 Å². The molecule has 0 amide bonds. The second-order valence-electron chi connectivity index (χ2n) is 2.20. The Hall–Kier alpha value is -0.450. The summed E-state index contributed by atoms with van der Waals surface area (Å²) >= 11 is 0. The van der Waals surface area contributed by atoms with Crippen LogP contribution in [0.2, 0.25) is 0 Å². The van der Waals surface area contributed by atoms with Crippen LogP contribution in [0.1, 0.15) is 13.3 Å². The van der Waals surface area contributed by atoms with Crippen molar-refractivity contribution in [2.24, 2.45) is 0 Å². The number of rotatable bonds is 4. The third kappa shape index (κ3) is 2.91. The first-order chi connectivity index (χ1) is 4.59. The van der Waals surface area contributed by atoms with Crippen LogP contribution in [0.15, 0.2) is 0 Å². The van der Waals surface area contributed by atoms with E-state index in [4.69, 9.17) is 15.3 Å². The molecule has 0 aliphatic carbocycles. The van der Waals surface area contributed by atoms with Gasteiger partial charge in [-0.15, -0.1) is 0 Å². The molecule has 0 saturated heterocycles. The average molecular weight is 148 g/mol. The van der Waals surface area contributed by atoms with Crippen LogP contribution in [0, 0.1) is 0 Å². The number of aliphatic hydroxyl groups is 3. The molecule has 4 nitrogen and oxygen atoms in total. The normalized spacial score (nSPS) is 19.6. The van der Waals surface area contributed by atoms with Gasteiger partial charge in [0, 0.05) is 6.42 Å². The molecule has 0 aromatic rings. The van der Waals surface area contributed by atoms with E-state index in [9.17, 15) is 4.79 Å². The quantitative estimate of drug-likeness (QED) is 0.432. The average Bonchev–Trinajstić information content (AvgIpc) is 1.87. The van der Waals surface area contributed by atoms with Crippen molar-refractivity contribution in [3.8, 4) is 0 Å². The monoisotopic (exact) mass is 148 g/mol. The van der Waals surface area contributed by atoms with Gasteiger partial charge < -0.3 is 20.1 Å². The number of hydrogen-bond donors (Lipinski definition) is 3.